The molecule has 2 rings (SSSR count). The van der Waals surface area contributed by atoms with Crippen LogP contribution in [-0.2, 0) is 0 Å². The smallest absolute Gasteiger partial charge is 0.138 e. The lowest BCUT2D eigenvalue weighted by molar-refractivity contribution is 0.180. The largest absolute Gasteiger partial charge is 0.484 e. The first-order valence-corrected chi connectivity index (χ1v) is 7.16. The van der Waals surface area contributed by atoms with E-state index in [4.69, 9.17) is 22.1 Å². The summed E-state index contributed by atoms with van der Waals surface area (Å²) in [4.78, 5) is 0. The van der Waals surface area contributed by atoms with Crippen LogP contribution in [0.15, 0.2) is 53.0 Å². The first-order valence-electron chi connectivity index (χ1n) is 5.99. The van der Waals surface area contributed by atoms with Crippen molar-refractivity contribution in [1.82, 2.24) is 0 Å². The van der Waals surface area contributed by atoms with E-state index in [1.807, 2.05) is 55.5 Å². The van der Waals surface area contributed by atoms with E-state index in [2.05, 4.69) is 15.9 Å². The highest BCUT2D eigenvalue weighted by molar-refractivity contribution is 9.10. The molecule has 19 heavy (non-hydrogen) atoms. The van der Waals surface area contributed by atoms with Crippen molar-refractivity contribution in [2.45, 2.75) is 19.1 Å². The molecule has 2 aromatic rings. The van der Waals surface area contributed by atoms with Crippen molar-refractivity contribution in [3.8, 4) is 5.75 Å². The van der Waals surface area contributed by atoms with Gasteiger partial charge < -0.3 is 10.5 Å². The van der Waals surface area contributed by atoms with Gasteiger partial charge in [-0.3, -0.25) is 0 Å². The zero-order valence-corrected chi connectivity index (χ0v) is 12.9. The van der Waals surface area contributed by atoms with E-state index < -0.39 is 0 Å². The summed E-state index contributed by atoms with van der Waals surface area (Å²) < 4.78 is 6.98. The number of benzene rings is 2. The van der Waals surface area contributed by atoms with Crippen molar-refractivity contribution in [3.63, 3.8) is 0 Å². The SMILES string of the molecule is CC(N)C(Oc1ccc(Br)cc1)c1cccc(Cl)c1. The van der Waals surface area contributed by atoms with Crippen LogP contribution in [-0.4, -0.2) is 6.04 Å². The summed E-state index contributed by atoms with van der Waals surface area (Å²) in [5.74, 6) is 0.783. The fraction of sp³-hybridized carbons (Fsp3) is 0.200. The molecule has 0 aliphatic rings. The molecule has 0 aliphatic carbocycles. The van der Waals surface area contributed by atoms with Crippen molar-refractivity contribution in [1.29, 1.82) is 0 Å². The van der Waals surface area contributed by atoms with Crippen LogP contribution in [0.5, 0.6) is 5.75 Å². The van der Waals surface area contributed by atoms with E-state index in [9.17, 15) is 0 Å². The lowest BCUT2D eigenvalue weighted by atomic mass is 10.0. The minimum Gasteiger partial charge on any atom is -0.484 e. The van der Waals surface area contributed by atoms with E-state index >= 15 is 0 Å². The highest BCUT2D eigenvalue weighted by atomic mass is 79.9. The molecule has 2 unspecified atom stereocenters. The van der Waals surface area contributed by atoms with Crippen molar-refractivity contribution in [2.75, 3.05) is 0 Å². The van der Waals surface area contributed by atoms with Gasteiger partial charge >= 0.3 is 0 Å². The molecule has 0 aromatic heterocycles. The summed E-state index contributed by atoms with van der Waals surface area (Å²) in [5.41, 5.74) is 7.00. The van der Waals surface area contributed by atoms with E-state index in [-0.39, 0.29) is 12.1 Å². The molecule has 0 radical (unpaired) electrons. The van der Waals surface area contributed by atoms with Crippen molar-refractivity contribution < 1.29 is 4.74 Å². The van der Waals surface area contributed by atoms with Crippen LogP contribution < -0.4 is 10.5 Å². The Morgan fingerprint density at radius 1 is 1.16 bits per heavy atom. The molecule has 2 atom stereocenters. The molecule has 2 N–H and O–H groups in total. The number of rotatable bonds is 4. The summed E-state index contributed by atoms with van der Waals surface area (Å²) in [5, 5.41) is 0.683. The number of ether oxygens (including phenoxy) is 1. The van der Waals surface area contributed by atoms with Crippen molar-refractivity contribution in [3.05, 3.63) is 63.6 Å². The molecule has 2 nitrogen and oxygen atoms in total. The van der Waals surface area contributed by atoms with E-state index in [1.54, 1.807) is 0 Å². The van der Waals surface area contributed by atoms with Crippen LogP contribution in [0.2, 0.25) is 5.02 Å². The quantitative estimate of drug-likeness (QED) is 0.885. The third-order valence-electron chi connectivity index (χ3n) is 2.73. The lowest BCUT2D eigenvalue weighted by Crippen LogP contribution is -2.29. The molecular weight excluding hydrogens is 326 g/mol. The average molecular weight is 341 g/mol. The van der Waals surface area contributed by atoms with Gasteiger partial charge in [0.15, 0.2) is 0 Å². The molecule has 0 saturated heterocycles. The molecule has 100 valence electrons. The number of nitrogens with two attached hydrogens (primary N) is 1. The fourth-order valence-corrected chi connectivity index (χ4v) is 2.29. The second-order valence-electron chi connectivity index (χ2n) is 4.41. The van der Waals surface area contributed by atoms with Crippen LogP contribution in [0.3, 0.4) is 0 Å². The zero-order chi connectivity index (χ0) is 13.8. The van der Waals surface area contributed by atoms with Crippen LogP contribution in [0.25, 0.3) is 0 Å². The molecule has 0 fully saturated rings. The Labute approximate surface area is 126 Å². The summed E-state index contributed by atoms with van der Waals surface area (Å²) in [6, 6.07) is 15.1. The van der Waals surface area contributed by atoms with Gasteiger partial charge in [-0.25, -0.2) is 0 Å². The van der Waals surface area contributed by atoms with Gasteiger partial charge in [-0.05, 0) is 48.9 Å². The Hall–Kier alpha value is -1.03. The van der Waals surface area contributed by atoms with Crippen molar-refractivity contribution in [2.24, 2.45) is 5.73 Å². The molecule has 4 heteroatoms. The fourth-order valence-electron chi connectivity index (χ4n) is 1.82. The Morgan fingerprint density at radius 2 is 1.84 bits per heavy atom. The third-order valence-corrected chi connectivity index (χ3v) is 3.50. The minimum atomic E-state index is -0.222. The van der Waals surface area contributed by atoms with E-state index in [0.717, 1.165) is 15.8 Å². The predicted octanol–water partition coefficient (Wildman–Crippen LogP) is 4.57. The number of hydrogen-bond acceptors (Lipinski definition) is 2. The number of halogens is 2. The van der Waals surface area contributed by atoms with E-state index in [0.29, 0.717) is 5.02 Å². The molecule has 0 spiro atoms. The maximum Gasteiger partial charge on any atom is 0.138 e. The molecule has 0 saturated carbocycles. The molecular formula is C15H15BrClNO. The standard InChI is InChI=1S/C15H15BrClNO/c1-10(18)15(11-3-2-4-13(17)9-11)19-14-7-5-12(16)6-8-14/h2-10,15H,18H2,1H3. The summed E-state index contributed by atoms with van der Waals surface area (Å²) in [6.07, 6.45) is -0.222. The second kappa shape index (κ2) is 6.42. The van der Waals surface area contributed by atoms with Crippen LogP contribution in [0, 0.1) is 0 Å². The van der Waals surface area contributed by atoms with Gasteiger partial charge in [0.25, 0.3) is 0 Å². The second-order valence-corrected chi connectivity index (χ2v) is 5.76. The van der Waals surface area contributed by atoms with Gasteiger partial charge in [0, 0.05) is 15.5 Å². The summed E-state index contributed by atoms with van der Waals surface area (Å²) >= 11 is 9.41. The topological polar surface area (TPSA) is 35.2 Å². The van der Waals surface area contributed by atoms with Gasteiger partial charge in [0.2, 0.25) is 0 Å². The Kier molecular flexibility index (Phi) is 4.86. The molecule has 0 amide bonds. The maximum atomic E-state index is 6.02. The Bertz CT molecular complexity index is 542. The van der Waals surface area contributed by atoms with Crippen LogP contribution in [0.4, 0.5) is 0 Å². The van der Waals surface area contributed by atoms with Crippen LogP contribution >= 0.6 is 27.5 Å². The first kappa shape index (κ1) is 14.4. The summed E-state index contributed by atoms with van der Waals surface area (Å²) in [7, 11) is 0. The predicted molar refractivity (Wildman–Crippen MR) is 82.6 cm³/mol. The van der Waals surface area contributed by atoms with E-state index in [1.165, 1.54) is 0 Å². The number of hydrogen-bond donors (Lipinski definition) is 1. The normalized spacial score (nSPS) is 13.9. The average Bonchev–Trinajstić information content (AvgIpc) is 2.37. The zero-order valence-electron chi connectivity index (χ0n) is 10.5. The highest BCUT2D eigenvalue weighted by Gasteiger charge is 2.18. The first-order chi connectivity index (χ1) is 9.06. The monoisotopic (exact) mass is 339 g/mol. The van der Waals surface area contributed by atoms with Gasteiger partial charge in [0.05, 0.1) is 0 Å². The molecule has 0 aliphatic heterocycles. The Balaban J connectivity index is 2.23. The van der Waals surface area contributed by atoms with Gasteiger partial charge in [-0.15, -0.1) is 0 Å². The molecule has 0 heterocycles. The summed E-state index contributed by atoms with van der Waals surface area (Å²) in [6.45, 7) is 1.92. The van der Waals surface area contributed by atoms with Crippen LogP contribution in [0.1, 0.15) is 18.6 Å². The Morgan fingerprint density at radius 3 is 2.42 bits per heavy atom. The third kappa shape index (κ3) is 3.96. The minimum absolute atomic E-state index is 0.137. The highest BCUT2D eigenvalue weighted by Crippen LogP contribution is 2.27. The lowest BCUT2D eigenvalue weighted by Gasteiger charge is -2.23. The maximum absolute atomic E-state index is 6.02. The van der Waals surface area contributed by atoms with Gasteiger partial charge in [-0.1, -0.05) is 39.7 Å². The van der Waals surface area contributed by atoms with Gasteiger partial charge in [0.1, 0.15) is 11.9 Å². The molecule has 2 aromatic carbocycles. The van der Waals surface area contributed by atoms with Gasteiger partial charge in [-0.2, -0.15) is 0 Å². The molecule has 0 bridgehead atoms. The van der Waals surface area contributed by atoms with Crippen molar-refractivity contribution >= 4 is 27.5 Å².